The molecule has 0 spiro atoms. The summed E-state index contributed by atoms with van der Waals surface area (Å²) in [4.78, 5) is 0. The predicted molar refractivity (Wildman–Crippen MR) is 119 cm³/mol. The Morgan fingerprint density at radius 3 is 2.04 bits per heavy atom. The molecule has 28 heavy (non-hydrogen) atoms. The Labute approximate surface area is 173 Å². The van der Waals surface area contributed by atoms with Crippen LogP contribution in [0.3, 0.4) is 0 Å². The van der Waals surface area contributed by atoms with E-state index < -0.39 is 0 Å². The van der Waals surface area contributed by atoms with Crippen molar-refractivity contribution in [1.82, 2.24) is 0 Å². The van der Waals surface area contributed by atoms with Crippen molar-refractivity contribution in [2.45, 2.75) is 109 Å². The Balaban J connectivity index is 1.53. The van der Waals surface area contributed by atoms with E-state index in [2.05, 4.69) is 44.2 Å². The van der Waals surface area contributed by atoms with E-state index in [0.717, 1.165) is 18.3 Å². The topological polar surface area (TPSA) is 23.8 Å². The number of hydrogen-bond donors (Lipinski definition) is 0. The SMILES string of the molecule is CCCCCC1CCC(c2ccc(C3CCC(CCC)CC3)cc2)CC1C#N. The van der Waals surface area contributed by atoms with Crippen molar-refractivity contribution >= 4 is 0 Å². The minimum absolute atomic E-state index is 0.268. The molecule has 0 amide bonds. The molecule has 154 valence electrons. The number of hydrogen-bond acceptors (Lipinski definition) is 1. The summed E-state index contributed by atoms with van der Waals surface area (Å²) in [5.41, 5.74) is 3.04. The van der Waals surface area contributed by atoms with E-state index in [4.69, 9.17) is 0 Å². The molecule has 1 nitrogen and oxygen atoms in total. The molecule has 1 aromatic rings. The van der Waals surface area contributed by atoms with Gasteiger partial charge in [0, 0.05) is 5.92 Å². The maximum absolute atomic E-state index is 9.71. The molecule has 0 N–H and O–H groups in total. The predicted octanol–water partition coefficient (Wildman–Crippen LogP) is 8.36. The van der Waals surface area contributed by atoms with Crippen LogP contribution in [0.4, 0.5) is 0 Å². The van der Waals surface area contributed by atoms with Crippen molar-refractivity contribution in [2.24, 2.45) is 17.8 Å². The van der Waals surface area contributed by atoms with Gasteiger partial charge in [-0.15, -0.1) is 0 Å². The maximum atomic E-state index is 9.71. The van der Waals surface area contributed by atoms with E-state index >= 15 is 0 Å². The summed E-state index contributed by atoms with van der Waals surface area (Å²) in [5.74, 6) is 3.27. The average molecular weight is 380 g/mol. The molecular formula is C27H41N. The summed E-state index contributed by atoms with van der Waals surface area (Å²) in [6, 6.07) is 12.3. The van der Waals surface area contributed by atoms with Gasteiger partial charge < -0.3 is 0 Å². The van der Waals surface area contributed by atoms with E-state index in [-0.39, 0.29) is 5.92 Å². The molecule has 0 saturated heterocycles. The minimum Gasteiger partial charge on any atom is -0.198 e. The Morgan fingerprint density at radius 1 is 0.786 bits per heavy atom. The molecule has 0 aromatic heterocycles. The van der Waals surface area contributed by atoms with Crippen molar-refractivity contribution in [3.8, 4) is 6.07 Å². The Bertz CT molecular complexity index is 602. The molecule has 2 fully saturated rings. The van der Waals surface area contributed by atoms with Crippen molar-refractivity contribution in [2.75, 3.05) is 0 Å². The van der Waals surface area contributed by atoms with Gasteiger partial charge in [0.05, 0.1) is 6.07 Å². The van der Waals surface area contributed by atoms with Gasteiger partial charge in [-0.1, -0.05) is 70.2 Å². The molecule has 3 rings (SSSR count). The van der Waals surface area contributed by atoms with E-state index in [1.54, 1.807) is 5.56 Å². The first-order valence-electron chi connectivity index (χ1n) is 12.2. The van der Waals surface area contributed by atoms with Gasteiger partial charge in [-0.3, -0.25) is 0 Å². The number of benzene rings is 1. The Kier molecular flexibility index (Phi) is 8.44. The zero-order chi connectivity index (χ0) is 19.8. The summed E-state index contributed by atoms with van der Waals surface area (Å²) in [6.07, 6.45) is 17.1. The lowest BCUT2D eigenvalue weighted by atomic mass is 9.70. The molecule has 1 heteroatoms. The highest BCUT2D eigenvalue weighted by molar-refractivity contribution is 5.28. The number of nitriles is 1. The second kappa shape index (κ2) is 11.0. The fourth-order valence-corrected chi connectivity index (χ4v) is 5.93. The maximum Gasteiger partial charge on any atom is 0.0658 e. The van der Waals surface area contributed by atoms with Crippen LogP contribution in [0.25, 0.3) is 0 Å². The second-order valence-electron chi connectivity index (χ2n) is 9.67. The third-order valence-electron chi connectivity index (χ3n) is 7.76. The van der Waals surface area contributed by atoms with Gasteiger partial charge in [-0.2, -0.15) is 5.26 Å². The number of rotatable bonds is 8. The van der Waals surface area contributed by atoms with E-state index in [1.807, 2.05) is 0 Å². The van der Waals surface area contributed by atoms with Gasteiger partial charge >= 0.3 is 0 Å². The van der Waals surface area contributed by atoms with Gasteiger partial charge in [-0.25, -0.2) is 0 Å². The Morgan fingerprint density at radius 2 is 1.43 bits per heavy atom. The summed E-state index contributed by atoms with van der Waals surface area (Å²) >= 11 is 0. The molecule has 3 unspecified atom stereocenters. The van der Waals surface area contributed by atoms with Crippen LogP contribution in [0, 0.1) is 29.1 Å². The second-order valence-corrected chi connectivity index (χ2v) is 9.67. The molecule has 0 heterocycles. The Hall–Kier alpha value is -1.29. The largest absolute Gasteiger partial charge is 0.198 e. The van der Waals surface area contributed by atoms with Crippen molar-refractivity contribution in [1.29, 1.82) is 5.26 Å². The van der Waals surface area contributed by atoms with E-state index in [1.165, 1.54) is 82.6 Å². The zero-order valence-corrected chi connectivity index (χ0v) is 18.3. The smallest absolute Gasteiger partial charge is 0.0658 e. The van der Waals surface area contributed by atoms with Crippen LogP contribution < -0.4 is 0 Å². The summed E-state index contributed by atoms with van der Waals surface area (Å²) < 4.78 is 0. The third kappa shape index (κ3) is 5.62. The van der Waals surface area contributed by atoms with Crippen molar-refractivity contribution < 1.29 is 0 Å². The number of unbranched alkanes of at least 4 members (excludes halogenated alkanes) is 2. The molecule has 3 atom stereocenters. The van der Waals surface area contributed by atoms with Gasteiger partial charge in [-0.05, 0) is 86.2 Å². The molecule has 0 aliphatic heterocycles. The summed E-state index contributed by atoms with van der Waals surface area (Å²) in [5, 5.41) is 9.71. The van der Waals surface area contributed by atoms with Crippen LogP contribution >= 0.6 is 0 Å². The minimum atomic E-state index is 0.268. The van der Waals surface area contributed by atoms with Gasteiger partial charge in [0.15, 0.2) is 0 Å². The lowest BCUT2D eigenvalue weighted by Gasteiger charge is -2.33. The third-order valence-corrected chi connectivity index (χ3v) is 7.76. The summed E-state index contributed by atoms with van der Waals surface area (Å²) in [6.45, 7) is 4.58. The monoisotopic (exact) mass is 379 g/mol. The van der Waals surface area contributed by atoms with Gasteiger partial charge in [0.25, 0.3) is 0 Å². The van der Waals surface area contributed by atoms with Crippen LogP contribution in [-0.4, -0.2) is 0 Å². The highest BCUT2D eigenvalue weighted by Crippen LogP contribution is 2.42. The summed E-state index contributed by atoms with van der Waals surface area (Å²) in [7, 11) is 0. The van der Waals surface area contributed by atoms with Gasteiger partial charge in [0.1, 0.15) is 0 Å². The molecule has 2 aliphatic rings. The van der Waals surface area contributed by atoms with Gasteiger partial charge in [0.2, 0.25) is 0 Å². The van der Waals surface area contributed by atoms with Crippen LogP contribution in [0.15, 0.2) is 24.3 Å². The lowest BCUT2D eigenvalue weighted by Crippen LogP contribution is -2.23. The lowest BCUT2D eigenvalue weighted by molar-refractivity contribution is 0.244. The molecule has 2 aliphatic carbocycles. The first-order chi connectivity index (χ1) is 13.7. The first-order valence-corrected chi connectivity index (χ1v) is 12.2. The average Bonchev–Trinajstić information content (AvgIpc) is 2.75. The van der Waals surface area contributed by atoms with Crippen molar-refractivity contribution in [3.05, 3.63) is 35.4 Å². The fourth-order valence-electron chi connectivity index (χ4n) is 5.93. The molecular weight excluding hydrogens is 338 g/mol. The van der Waals surface area contributed by atoms with E-state index in [9.17, 15) is 5.26 Å². The van der Waals surface area contributed by atoms with E-state index in [0.29, 0.717) is 11.8 Å². The highest BCUT2D eigenvalue weighted by atomic mass is 14.4. The first kappa shape index (κ1) is 21.4. The number of nitrogens with zero attached hydrogens (tertiary/aromatic N) is 1. The highest BCUT2D eigenvalue weighted by Gasteiger charge is 2.31. The molecule has 2 saturated carbocycles. The molecule has 1 aromatic carbocycles. The van der Waals surface area contributed by atoms with Crippen LogP contribution in [0.5, 0.6) is 0 Å². The van der Waals surface area contributed by atoms with Crippen LogP contribution in [0.1, 0.15) is 120 Å². The van der Waals surface area contributed by atoms with Crippen LogP contribution in [-0.2, 0) is 0 Å². The standard InChI is InChI=1S/C27H41N/c1-3-5-6-8-22-17-18-26(19-27(22)20-28)25-15-13-24(14-16-25)23-11-9-21(7-4-2)10-12-23/h13-16,21-23,26-27H,3-12,17-19H2,1-2H3. The normalized spacial score (nSPS) is 30.7. The molecule has 0 radical (unpaired) electrons. The zero-order valence-electron chi connectivity index (χ0n) is 18.3. The van der Waals surface area contributed by atoms with Crippen molar-refractivity contribution in [3.63, 3.8) is 0 Å². The van der Waals surface area contributed by atoms with Crippen LogP contribution in [0.2, 0.25) is 0 Å². The fraction of sp³-hybridized carbons (Fsp3) is 0.741. The quantitative estimate of drug-likeness (QED) is 0.416. The molecule has 0 bridgehead atoms.